The van der Waals surface area contributed by atoms with Crippen molar-refractivity contribution in [3.63, 3.8) is 0 Å². The predicted octanol–water partition coefficient (Wildman–Crippen LogP) is 7.24. The standard InChI is InChI=1S/C55H57F2N11O7/c1-33(2)51(65-44(35-8-9-35)20-25-75-26-24-67-49(69)16-17-50(67)70)53(72)66-46(5-4-21-60-55(58)73)52(71)64-40-12-6-34(7-13-40)32-68(47-15-11-39(56)29-43(47)57)48-28-38(30-61-54(48)74-3)36-10-14-45-42(27-36)41(19-22-59-45)37-18-23-62-63-31-37/h6-7,10-19,22-23,27-31,33,46,51,65H,4-5,8-9,20-21,24-26,32H2,1-3H3,(H,64,71)(H,66,72)(H3,58,60,73)/t46-,51?/m0/s1. The molecule has 8 rings (SSSR count). The zero-order valence-electron chi connectivity index (χ0n) is 41.6. The van der Waals surface area contributed by atoms with Crippen LogP contribution in [0, 0.1) is 17.6 Å². The normalized spacial score (nSPS) is 13.7. The molecule has 1 aliphatic carbocycles. The maximum atomic E-state index is 15.9. The van der Waals surface area contributed by atoms with Gasteiger partial charge in [-0.2, -0.15) is 10.2 Å². The number of ether oxygens (including phenoxy) is 2. The van der Waals surface area contributed by atoms with E-state index in [0.717, 1.165) is 62.7 Å². The number of fused-ring (bicyclic) bond motifs is 1. The van der Waals surface area contributed by atoms with E-state index in [2.05, 4.69) is 41.4 Å². The van der Waals surface area contributed by atoms with Crippen LogP contribution in [0.1, 0.15) is 51.5 Å². The van der Waals surface area contributed by atoms with E-state index in [9.17, 15) is 28.4 Å². The van der Waals surface area contributed by atoms with Gasteiger partial charge in [-0.15, -0.1) is 0 Å². The number of benzene rings is 3. The minimum atomic E-state index is -1.02. The molecule has 1 unspecified atom stereocenters. The Hall–Kier alpha value is -8.65. The van der Waals surface area contributed by atoms with Gasteiger partial charge < -0.3 is 41.4 Å². The van der Waals surface area contributed by atoms with E-state index in [-0.39, 0.29) is 68.6 Å². The first-order chi connectivity index (χ1) is 36.3. The molecule has 1 saturated carbocycles. The van der Waals surface area contributed by atoms with Crippen LogP contribution in [0.3, 0.4) is 0 Å². The summed E-state index contributed by atoms with van der Waals surface area (Å²) >= 11 is 0. The molecule has 0 saturated heterocycles. The molecule has 0 bridgehead atoms. The lowest BCUT2D eigenvalue weighted by atomic mass is 9.98. The number of carbonyl (C=O) groups is 5. The summed E-state index contributed by atoms with van der Waals surface area (Å²) in [5.74, 6) is -3.25. The fourth-order valence-corrected chi connectivity index (χ4v) is 8.65. The Balaban J connectivity index is 0.984. The van der Waals surface area contributed by atoms with E-state index >= 15 is 4.39 Å². The zero-order valence-corrected chi connectivity index (χ0v) is 41.6. The van der Waals surface area contributed by atoms with Crippen LogP contribution in [0.5, 0.6) is 5.88 Å². The number of nitrogens with two attached hydrogens (primary N) is 1. The molecule has 388 valence electrons. The summed E-state index contributed by atoms with van der Waals surface area (Å²) in [6, 6.07) is 19.1. The third-order valence-electron chi connectivity index (χ3n) is 12.7. The second kappa shape index (κ2) is 24.4. The van der Waals surface area contributed by atoms with Crippen LogP contribution in [-0.2, 0) is 30.5 Å². The van der Waals surface area contributed by atoms with E-state index < -0.39 is 41.6 Å². The van der Waals surface area contributed by atoms with Gasteiger partial charge in [-0.25, -0.2) is 18.6 Å². The average Bonchev–Trinajstić information content (AvgIpc) is 4.21. The number of urea groups is 1. The highest BCUT2D eigenvalue weighted by Gasteiger charge is 2.31. The Kier molecular flexibility index (Phi) is 17.1. The number of aromatic nitrogens is 4. The molecule has 2 atom stereocenters. The zero-order chi connectivity index (χ0) is 53.0. The summed E-state index contributed by atoms with van der Waals surface area (Å²) in [7, 11) is 1.45. The summed E-state index contributed by atoms with van der Waals surface area (Å²) in [5.41, 5.74) is 12.8. The predicted molar refractivity (Wildman–Crippen MR) is 278 cm³/mol. The monoisotopic (exact) mass is 1020 g/mol. The number of imide groups is 1. The van der Waals surface area contributed by atoms with Crippen LogP contribution in [0.2, 0.25) is 0 Å². The first-order valence-corrected chi connectivity index (χ1v) is 24.5. The largest absolute Gasteiger partial charge is 0.480 e. The maximum absolute atomic E-state index is 15.9. The van der Waals surface area contributed by atoms with E-state index in [1.54, 1.807) is 54.0 Å². The van der Waals surface area contributed by atoms with Crippen LogP contribution in [0.4, 0.5) is 30.6 Å². The minimum Gasteiger partial charge on any atom is -0.480 e. The lowest BCUT2D eigenvalue weighted by Gasteiger charge is -2.28. The molecule has 6 amide bonds. The molecule has 6 N–H and O–H groups in total. The number of methoxy groups -OCH3 is 1. The molecule has 2 aliphatic rings. The van der Waals surface area contributed by atoms with Crippen molar-refractivity contribution in [1.82, 2.24) is 41.0 Å². The molecule has 75 heavy (non-hydrogen) atoms. The molecule has 0 spiro atoms. The number of allylic oxidation sites excluding steroid dienone is 1. The summed E-state index contributed by atoms with van der Waals surface area (Å²) in [5, 5.41) is 20.6. The van der Waals surface area contributed by atoms with Gasteiger partial charge >= 0.3 is 6.03 Å². The highest BCUT2D eigenvalue weighted by Crippen LogP contribution is 2.39. The number of nitrogens with zero attached hydrogens (tertiary/aromatic N) is 6. The number of pyridine rings is 2. The SMILES string of the molecule is COc1ncc(-c2ccc3nccc(-c4ccnnc4)c3c2)cc1N(Cc1ccc(NC(=O)[C@H](CCCNC(N)=O)NC(=O)C(NC(CCOCCN2C(=O)C=CC2=O)=C2CC2)C(C)C)cc1)c1ccc(F)cc1F. The van der Waals surface area contributed by atoms with Gasteiger partial charge in [0, 0.05) is 78.0 Å². The fraction of sp³-hybridized carbons (Fsp3) is 0.291. The van der Waals surface area contributed by atoms with Crippen molar-refractivity contribution in [2.24, 2.45) is 11.7 Å². The molecule has 1 aliphatic heterocycles. The van der Waals surface area contributed by atoms with Crippen LogP contribution < -0.4 is 36.6 Å². The lowest BCUT2D eigenvalue weighted by molar-refractivity contribution is -0.137. The number of nitrogens with one attached hydrogen (secondary N) is 4. The molecular formula is C55H57F2N11O7. The van der Waals surface area contributed by atoms with Gasteiger partial charge in [0.25, 0.3) is 11.8 Å². The Labute approximate surface area is 431 Å². The second-order valence-corrected chi connectivity index (χ2v) is 18.3. The van der Waals surface area contributed by atoms with Crippen molar-refractivity contribution in [2.45, 2.75) is 64.6 Å². The van der Waals surface area contributed by atoms with Gasteiger partial charge in [-0.3, -0.25) is 29.1 Å². The quantitative estimate of drug-likeness (QED) is 0.0297. The maximum Gasteiger partial charge on any atom is 0.312 e. The Morgan fingerprint density at radius 2 is 1.60 bits per heavy atom. The van der Waals surface area contributed by atoms with Crippen LogP contribution >= 0.6 is 0 Å². The van der Waals surface area contributed by atoms with Crippen molar-refractivity contribution in [2.75, 3.05) is 43.6 Å². The minimum absolute atomic E-state index is 0.0524. The van der Waals surface area contributed by atoms with Gasteiger partial charge in [0.2, 0.25) is 17.7 Å². The molecule has 18 nitrogen and oxygen atoms in total. The highest BCUT2D eigenvalue weighted by atomic mass is 19.1. The Morgan fingerprint density at radius 3 is 2.29 bits per heavy atom. The van der Waals surface area contributed by atoms with Crippen molar-refractivity contribution in [3.05, 3.63) is 144 Å². The van der Waals surface area contributed by atoms with Crippen molar-refractivity contribution in [3.8, 4) is 28.1 Å². The highest BCUT2D eigenvalue weighted by molar-refractivity contribution is 6.12. The number of halogens is 2. The second-order valence-electron chi connectivity index (χ2n) is 18.3. The van der Waals surface area contributed by atoms with Gasteiger partial charge in [0.15, 0.2) is 0 Å². The molecular weight excluding hydrogens is 965 g/mol. The van der Waals surface area contributed by atoms with Crippen LogP contribution in [-0.4, -0.2) is 100 Å². The van der Waals surface area contributed by atoms with Crippen LogP contribution in [0.15, 0.2) is 127 Å². The smallest absolute Gasteiger partial charge is 0.312 e. The third kappa shape index (κ3) is 13.5. The number of hydrogen-bond acceptors (Lipinski definition) is 13. The van der Waals surface area contributed by atoms with Crippen molar-refractivity contribution < 1.29 is 42.2 Å². The van der Waals surface area contributed by atoms with Crippen molar-refractivity contribution >= 4 is 57.6 Å². The topological polar surface area (TPSA) is 236 Å². The molecule has 20 heteroatoms. The summed E-state index contributed by atoms with van der Waals surface area (Å²) < 4.78 is 41.8. The lowest BCUT2D eigenvalue weighted by Crippen LogP contribution is -2.53. The van der Waals surface area contributed by atoms with Crippen molar-refractivity contribution in [1.29, 1.82) is 0 Å². The number of anilines is 3. The first kappa shape index (κ1) is 52.7. The summed E-state index contributed by atoms with van der Waals surface area (Å²) in [6.07, 6.45) is 11.8. The first-order valence-electron chi connectivity index (χ1n) is 24.5. The Bertz CT molecular complexity index is 3110. The summed E-state index contributed by atoms with van der Waals surface area (Å²) in [6.45, 7) is 4.59. The molecule has 3 aromatic heterocycles. The van der Waals surface area contributed by atoms with Gasteiger partial charge in [-0.05, 0) is 103 Å². The molecule has 6 aromatic rings. The number of carbonyl (C=O) groups excluding carboxylic acids is 5. The van der Waals surface area contributed by atoms with Crippen LogP contribution in [0.25, 0.3) is 33.2 Å². The summed E-state index contributed by atoms with van der Waals surface area (Å²) in [4.78, 5) is 75.4. The number of amides is 6. The number of rotatable bonds is 24. The van der Waals surface area contributed by atoms with Gasteiger partial charge in [-0.1, -0.05) is 37.6 Å². The number of hydrogen-bond donors (Lipinski definition) is 5. The Morgan fingerprint density at radius 1 is 0.813 bits per heavy atom. The average molecular weight is 1020 g/mol. The molecule has 4 heterocycles. The number of primary amides is 1. The fourth-order valence-electron chi connectivity index (χ4n) is 8.65. The van der Waals surface area contributed by atoms with Gasteiger partial charge in [0.1, 0.15) is 29.4 Å². The van der Waals surface area contributed by atoms with E-state index in [1.165, 1.54) is 31.4 Å². The molecule has 0 radical (unpaired) electrons. The van der Waals surface area contributed by atoms with Gasteiger partial charge in [0.05, 0.1) is 50.5 Å². The van der Waals surface area contributed by atoms with E-state index in [0.29, 0.717) is 35.3 Å². The third-order valence-corrected chi connectivity index (χ3v) is 12.7. The van der Waals surface area contributed by atoms with E-state index in [1.807, 2.05) is 50.2 Å². The molecule has 3 aromatic carbocycles. The molecule has 1 fully saturated rings. The van der Waals surface area contributed by atoms with E-state index in [4.69, 9.17) is 15.2 Å².